The zero-order valence-corrected chi connectivity index (χ0v) is 7.80. The van der Waals surface area contributed by atoms with Crippen LogP contribution in [-0.2, 0) is 0 Å². The molecule has 0 unspecified atom stereocenters. The summed E-state index contributed by atoms with van der Waals surface area (Å²) in [5, 5.41) is 0. The lowest BCUT2D eigenvalue weighted by molar-refractivity contribution is 1.25. The van der Waals surface area contributed by atoms with Crippen LogP contribution in [0, 0.1) is 6.92 Å². The summed E-state index contributed by atoms with van der Waals surface area (Å²) >= 11 is 6.05. The van der Waals surface area contributed by atoms with Crippen molar-refractivity contribution in [2.75, 3.05) is 6.26 Å². The Labute approximate surface area is 71.4 Å². The second kappa shape index (κ2) is 3.35. The maximum atomic E-state index is 4.31. The van der Waals surface area contributed by atoms with Gasteiger partial charge in [0.1, 0.15) is 0 Å². The summed E-state index contributed by atoms with van der Waals surface area (Å²) in [6.07, 6.45) is 2.07. The number of thiol groups is 1. The van der Waals surface area contributed by atoms with Crippen molar-refractivity contribution in [3.8, 4) is 0 Å². The second-order valence-electron chi connectivity index (χ2n) is 2.15. The van der Waals surface area contributed by atoms with E-state index in [0.717, 1.165) is 4.90 Å². The second-order valence-corrected chi connectivity index (χ2v) is 3.51. The highest BCUT2D eigenvalue weighted by Gasteiger charge is 1.93. The fraction of sp³-hybridized carbons (Fsp3) is 0.250. The summed E-state index contributed by atoms with van der Waals surface area (Å²) in [4.78, 5) is 2.35. The normalized spacial score (nSPS) is 9.90. The van der Waals surface area contributed by atoms with Crippen molar-refractivity contribution >= 4 is 24.4 Å². The van der Waals surface area contributed by atoms with Gasteiger partial charge < -0.3 is 0 Å². The number of rotatable bonds is 1. The highest BCUT2D eigenvalue weighted by atomic mass is 32.2. The molecule has 0 saturated heterocycles. The minimum atomic E-state index is 1.08. The van der Waals surface area contributed by atoms with Crippen LogP contribution in [0.5, 0.6) is 0 Å². The maximum Gasteiger partial charge on any atom is 0.00803 e. The molecule has 10 heavy (non-hydrogen) atoms. The van der Waals surface area contributed by atoms with E-state index in [0.29, 0.717) is 0 Å². The van der Waals surface area contributed by atoms with Gasteiger partial charge in [0.15, 0.2) is 0 Å². The highest BCUT2D eigenvalue weighted by molar-refractivity contribution is 7.98. The van der Waals surface area contributed by atoms with E-state index in [1.807, 2.05) is 0 Å². The monoisotopic (exact) mass is 170 g/mol. The van der Waals surface area contributed by atoms with Crippen LogP contribution in [0.15, 0.2) is 28.0 Å². The average molecular weight is 170 g/mol. The van der Waals surface area contributed by atoms with Crippen molar-refractivity contribution in [2.24, 2.45) is 0 Å². The van der Waals surface area contributed by atoms with Gasteiger partial charge in [-0.05, 0) is 30.9 Å². The van der Waals surface area contributed by atoms with E-state index in [1.165, 1.54) is 10.5 Å². The standard InChI is InChI=1S/C8H10S2/c1-6-3-4-7(10-2)5-8(6)9/h3-5,9H,1-2H3. The third kappa shape index (κ3) is 1.70. The van der Waals surface area contributed by atoms with Gasteiger partial charge in [0.25, 0.3) is 0 Å². The summed E-state index contributed by atoms with van der Waals surface area (Å²) < 4.78 is 0. The Morgan fingerprint density at radius 2 is 2.10 bits per heavy atom. The molecule has 0 N–H and O–H groups in total. The van der Waals surface area contributed by atoms with E-state index in [1.54, 1.807) is 11.8 Å². The first-order chi connectivity index (χ1) is 4.74. The van der Waals surface area contributed by atoms with Gasteiger partial charge in [-0.15, -0.1) is 24.4 Å². The molecule has 0 aliphatic carbocycles. The molecule has 1 aromatic carbocycles. The fourth-order valence-electron chi connectivity index (χ4n) is 0.716. The number of aryl methyl sites for hydroxylation is 1. The minimum absolute atomic E-state index is 1.08. The Hall–Kier alpha value is -0.0800. The minimum Gasteiger partial charge on any atom is -0.143 e. The van der Waals surface area contributed by atoms with E-state index >= 15 is 0 Å². The SMILES string of the molecule is CSc1ccc(C)c(S)c1. The van der Waals surface area contributed by atoms with Crippen LogP contribution in [0.2, 0.25) is 0 Å². The molecule has 0 nitrogen and oxygen atoms in total. The van der Waals surface area contributed by atoms with Crippen LogP contribution in [0.4, 0.5) is 0 Å². The number of benzene rings is 1. The third-order valence-electron chi connectivity index (χ3n) is 1.42. The molecule has 1 rings (SSSR count). The summed E-state index contributed by atoms with van der Waals surface area (Å²) in [7, 11) is 0. The van der Waals surface area contributed by atoms with E-state index < -0.39 is 0 Å². The van der Waals surface area contributed by atoms with Gasteiger partial charge in [0, 0.05) is 9.79 Å². The van der Waals surface area contributed by atoms with Crippen molar-refractivity contribution in [1.29, 1.82) is 0 Å². The predicted octanol–water partition coefficient (Wildman–Crippen LogP) is 3.01. The smallest absolute Gasteiger partial charge is 0.00803 e. The van der Waals surface area contributed by atoms with Gasteiger partial charge in [0.2, 0.25) is 0 Å². The topological polar surface area (TPSA) is 0 Å². The number of hydrogen-bond donors (Lipinski definition) is 1. The van der Waals surface area contributed by atoms with Crippen molar-refractivity contribution in [3.05, 3.63) is 23.8 Å². The molecule has 0 aliphatic heterocycles. The predicted molar refractivity (Wildman–Crippen MR) is 50.2 cm³/mol. The first kappa shape index (κ1) is 8.02. The van der Waals surface area contributed by atoms with E-state index in [4.69, 9.17) is 0 Å². The molecule has 0 fully saturated rings. The van der Waals surface area contributed by atoms with Crippen LogP contribution in [0.25, 0.3) is 0 Å². The van der Waals surface area contributed by atoms with Crippen LogP contribution >= 0.6 is 24.4 Å². The molecule has 0 atom stereocenters. The molecular weight excluding hydrogens is 160 g/mol. The maximum absolute atomic E-state index is 4.31. The molecule has 0 amide bonds. The first-order valence-corrected chi connectivity index (χ1v) is 4.75. The van der Waals surface area contributed by atoms with Crippen LogP contribution in [0.3, 0.4) is 0 Å². The van der Waals surface area contributed by atoms with Gasteiger partial charge in [-0.25, -0.2) is 0 Å². The quantitative estimate of drug-likeness (QED) is 0.499. The summed E-state index contributed by atoms with van der Waals surface area (Å²) in [6, 6.07) is 6.29. The van der Waals surface area contributed by atoms with E-state index in [9.17, 15) is 0 Å². The van der Waals surface area contributed by atoms with Crippen molar-refractivity contribution in [2.45, 2.75) is 16.7 Å². The lowest BCUT2D eigenvalue weighted by Crippen LogP contribution is -1.75. The van der Waals surface area contributed by atoms with Gasteiger partial charge in [-0.1, -0.05) is 6.07 Å². The van der Waals surface area contributed by atoms with Gasteiger partial charge in [-0.2, -0.15) is 0 Å². The van der Waals surface area contributed by atoms with Gasteiger partial charge in [-0.3, -0.25) is 0 Å². The first-order valence-electron chi connectivity index (χ1n) is 3.07. The van der Waals surface area contributed by atoms with Crippen LogP contribution in [-0.4, -0.2) is 6.26 Å². The summed E-state index contributed by atoms with van der Waals surface area (Å²) in [6.45, 7) is 2.06. The van der Waals surface area contributed by atoms with Crippen molar-refractivity contribution in [1.82, 2.24) is 0 Å². The van der Waals surface area contributed by atoms with E-state index in [-0.39, 0.29) is 0 Å². The third-order valence-corrected chi connectivity index (χ3v) is 2.62. The molecule has 0 spiro atoms. The van der Waals surface area contributed by atoms with Crippen LogP contribution < -0.4 is 0 Å². The molecular formula is C8H10S2. The highest BCUT2D eigenvalue weighted by Crippen LogP contribution is 2.20. The zero-order valence-electron chi connectivity index (χ0n) is 6.09. The lowest BCUT2D eigenvalue weighted by atomic mass is 10.2. The van der Waals surface area contributed by atoms with Crippen molar-refractivity contribution < 1.29 is 0 Å². The Morgan fingerprint density at radius 3 is 2.60 bits per heavy atom. The molecule has 0 radical (unpaired) electrons. The summed E-state index contributed by atoms with van der Waals surface area (Å²) in [5.41, 5.74) is 1.24. The molecule has 1 aromatic rings. The van der Waals surface area contributed by atoms with E-state index in [2.05, 4.69) is 44.0 Å². The Kier molecular flexibility index (Phi) is 2.69. The number of hydrogen-bond acceptors (Lipinski definition) is 2. The zero-order chi connectivity index (χ0) is 7.56. The molecule has 0 bridgehead atoms. The Balaban J connectivity index is 3.04. The van der Waals surface area contributed by atoms with Gasteiger partial charge in [0.05, 0.1) is 0 Å². The largest absolute Gasteiger partial charge is 0.143 e. The Bertz CT molecular complexity index is 231. The number of thioether (sulfide) groups is 1. The van der Waals surface area contributed by atoms with Crippen molar-refractivity contribution in [3.63, 3.8) is 0 Å². The fourth-order valence-corrected chi connectivity index (χ4v) is 1.46. The average Bonchev–Trinajstić information content (AvgIpc) is 1.95. The Morgan fingerprint density at radius 1 is 1.40 bits per heavy atom. The summed E-state index contributed by atoms with van der Waals surface area (Å²) in [5.74, 6) is 0. The molecule has 54 valence electrons. The molecule has 0 aromatic heterocycles. The van der Waals surface area contributed by atoms with Gasteiger partial charge >= 0.3 is 0 Å². The molecule has 0 heterocycles. The molecule has 2 heteroatoms. The molecule has 0 saturated carbocycles. The lowest BCUT2D eigenvalue weighted by Gasteiger charge is -1.99. The van der Waals surface area contributed by atoms with Crippen LogP contribution in [0.1, 0.15) is 5.56 Å². The molecule has 0 aliphatic rings.